The van der Waals surface area contributed by atoms with Gasteiger partial charge in [-0.25, -0.2) is 20.0 Å². The van der Waals surface area contributed by atoms with E-state index in [2.05, 4.69) is 49.5 Å². The molecule has 0 unspecified atom stereocenters. The van der Waals surface area contributed by atoms with Crippen LogP contribution >= 0.6 is 12.2 Å². The number of ether oxygens (including phenoxy) is 2. The monoisotopic (exact) mass is 791 g/mol. The van der Waals surface area contributed by atoms with Crippen LogP contribution in [0.3, 0.4) is 0 Å². The minimum absolute atomic E-state index is 0. The van der Waals surface area contributed by atoms with Crippen molar-refractivity contribution in [3.05, 3.63) is 139 Å². The minimum Gasteiger partial charge on any atom is -0.753 e. The molecule has 0 bridgehead atoms. The Bertz CT molecular complexity index is 1850. The number of pyridine rings is 4. The van der Waals surface area contributed by atoms with Crippen molar-refractivity contribution in [1.82, 2.24) is 19.9 Å². The zero-order chi connectivity index (χ0) is 35.7. The zero-order valence-corrected chi connectivity index (χ0v) is 29.5. The van der Waals surface area contributed by atoms with Crippen molar-refractivity contribution in [2.75, 3.05) is 12.0 Å². The summed E-state index contributed by atoms with van der Waals surface area (Å²) in [7, 11) is 1.66. The third-order valence-corrected chi connectivity index (χ3v) is 5.73. The summed E-state index contributed by atoms with van der Waals surface area (Å²) in [6, 6.07) is 26.4. The average molecular weight is 791 g/mol. The maximum atomic E-state index is 10.5. The van der Waals surface area contributed by atoms with Crippen LogP contribution in [0.25, 0.3) is 28.9 Å². The van der Waals surface area contributed by atoms with Crippen molar-refractivity contribution in [2.24, 2.45) is 0 Å². The molecular weight excluding hydrogens is 764 g/mol. The number of methoxy groups -OCH3 is 1. The molecule has 5 aromatic rings. The fraction of sp³-hybridized carbons (Fsp3) is 0.0286. The molecule has 0 amide bonds. The smallest absolute Gasteiger partial charge is 0.753 e. The van der Waals surface area contributed by atoms with E-state index in [0.717, 1.165) is 34.7 Å². The van der Waals surface area contributed by atoms with Gasteiger partial charge < -0.3 is 32.6 Å². The molecule has 0 aliphatic heterocycles. The molecule has 1 aromatic carbocycles. The average Bonchev–Trinajstić information content (AvgIpc) is 3.13. The standard InChI is InChI=1S/C17H15N3O.C16H12N2O4.CHNS.CNS.Ru/c1-21-15-10-8-14(9-11-15)20(16-6-2-4-12-18-16)17-7-3-5-13-19-17;19-11-22-8-5-13-4-7-18-15(10-13)14-9-12(3-6-17-14)1-2-16(20)21;2*2-1-3;/h2-13H,1H3;1-11H,(H,20,21);3H;;/q;;;-1;+2/p-1/b;2-1+,8-5+;;;. The number of benzene rings is 1. The van der Waals surface area contributed by atoms with E-state index in [9.17, 15) is 9.59 Å². The van der Waals surface area contributed by atoms with Crippen LogP contribution in [0.15, 0.2) is 122 Å². The van der Waals surface area contributed by atoms with Crippen molar-refractivity contribution in [3.63, 3.8) is 0 Å². The molecular formula is C35H27N7O5RuS2. The Morgan fingerprint density at radius 2 is 1.38 bits per heavy atom. The van der Waals surface area contributed by atoms with Gasteiger partial charge in [0.1, 0.15) is 17.4 Å². The first-order valence-electron chi connectivity index (χ1n) is 13.8. The molecule has 15 heteroatoms. The normalized spacial score (nSPS) is 9.36. The van der Waals surface area contributed by atoms with E-state index in [1.165, 1.54) is 22.9 Å². The Balaban J connectivity index is 0.000000425. The van der Waals surface area contributed by atoms with Gasteiger partial charge in [0.25, 0.3) is 6.47 Å². The van der Waals surface area contributed by atoms with Crippen molar-refractivity contribution in [1.29, 1.82) is 5.26 Å². The first kappa shape index (κ1) is 42.0. The van der Waals surface area contributed by atoms with E-state index < -0.39 is 5.97 Å². The van der Waals surface area contributed by atoms with Crippen LogP contribution in [0.1, 0.15) is 11.1 Å². The number of thiocyanates is 1. The van der Waals surface area contributed by atoms with Gasteiger partial charge in [-0.1, -0.05) is 29.8 Å². The van der Waals surface area contributed by atoms with Gasteiger partial charge in [-0.2, -0.15) is 5.16 Å². The van der Waals surface area contributed by atoms with E-state index in [4.69, 9.17) is 20.5 Å². The fourth-order valence-corrected chi connectivity index (χ4v) is 3.78. The Morgan fingerprint density at radius 1 is 0.880 bits per heavy atom. The second kappa shape index (κ2) is 25.1. The number of aromatic nitrogens is 4. The molecule has 0 aliphatic rings. The first-order valence-corrected chi connectivity index (χ1v) is 14.6. The molecule has 0 atom stereocenters. The van der Waals surface area contributed by atoms with Gasteiger partial charge in [0, 0.05) is 36.6 Å². The molecule has 1 N–H and O–H groups in total. The van der Waals surface area contributed by atoms with E-state index in [1.54, 1.807) is 62.2 Å². The number of hydrogen-bond acceptors (Lipinski definition) is 12. The number of carboxylic acids is 1. The molecule has 4 heterocycles. The number of carbonyl (C=O) groups is 2. The van der Waals surface area contributed by atoms with Gasteiger partial charge in [0.2, 0.25) is 0 Å². The Labute approximate surface area is 312 Å². The van der Waals surface area contributed by atoms with Gasteiger partial charge in [0.15, 0.2) is 0 Å². The number of thiocarbonyl (C=S) groups is 1. The first-order chi connectivity index (χ1) is 23.9. The number of hydrogen-bond donors (Lipinski definition) is 1. The third-order valence-electron chi connectivity index (χ3n) is 5.73. The molecule has 0 saturated carbocycles. The molecule has 252 valence electrons. The van der Waals surface area contributed by atoms with Crippen LogP contribution in [0.4, 0.5) is 17.3 Å². The predicted molar refractivity (Wildman–Crippen MR) is 193 cm³/mol. The molecule has 5 rings (SSSR count). The summed E-state index contributed by atoms with van der Waals surface area (Å²) in [6.07, 6.45) is 12.2. The van der Waals surface area contributed by atoms with Crippen LogP contribution in [0, 0.1) is 10.7 Å². The van der Waals surface area contributed by atoms with Crippen LogP contribution in [-0.4, -0.2) is 49.8 Å². The van der Waals surface area contributed by atoms with Gasteiger partial charge in [-0.05, 0) is 96.1 Å². The van der Waals surface area contributed by atoms with E-state index in [-0.39, 0.29) is 19.5 Å². The topological polar surface area (TPSA) is 174 Å². The molecule has 4 aromatic heterocycles. The fourth-order valence-electron chi connectivity index (χ4n) is 3.78. The van der Waals surface area contributed by atoms with Crippen LogP contribution < -0.4 is 9.64 Å². The number of anilines is 3. The molecule has 0 aliphatic carbocycles. The summed E-state index contributed by atoms with van der Waals surface area (Å²) >= 11 is 7.40. The van der Waals surface area contributed by atoms with Crippen molar-refractivity contribution in [3.8, 4) is 22.5 Å². The summed E-state index contributed by atoms with van der Waals surface area (Å²) in [5, 5.41) is 25.6. The van der Waals surface area contributed by atoms with Crippen molar-refractivity contribution in [2.45, 2.75) is 0 Å². The molecule has 0 saturated heterocycles. The Morgan fingerprint density at radius 3 is 1.80 bits per heavy atom. The van der Waals surface area contributed by atoms with E-state index >= 15 is 0 Å². The number of isothiocyanates is 1. The minimum atomic E-state index is -1.02. The summed E-state index contributed by atoms with van der Waals surface area (Å²) in [5.41, 5.74) is 3.71. The van der Waals surface area contributed by atoms with Crippen molar-refractivity contribution < 1.29 is 43.6 Å². The molecule has 12 nitrogen and oxygen atoms in total. The summed E-state index contributed by atoms with van der Waals surface area (Å²) in [4.78, 5) is 39.9. The number of nitriles is 1. The van der Waals surface area contributed by atoms with E-state index in [1.807, 2.05) is 65.6 Å². The van der Waals surface area contributed by atoms with Gasteiger partial charge in [0.05, 0.1) is 24.8 Å². The van der Waals surface area contributed by atoms with Crippen LogP contribution in [0.5, 0.6) is 5.75 Å². The van der Waals surface area contributed by atoms with Gasteiger partial charge in [-0.3, -0.25) is 19.7 Å². The quantitative estimate of drug-likeness (QED) is 0.0224. The predicted octanol–water partition coefficient (Wildman–Crippen LogP) is 7.01. The third kappa shape index (κ3) is 15.3. The summed E-state index contributed by atoms with van der Waals surface area (Å²) in [6.45, 7) is 0.332. The number of carboxylic acid groups (broad SMARTS) is 1. The number of nitrogens with zero attached hydrogens (tertiary/aromatic N) is 7. The Kier molecular flexibility index (Phi) is 21.0. The number of aliphatic carboxylic acids is 1. The van der Waals surface area contributed by atoms with E-state index in [0.29, 0.717) is 23.4 Å². The van der Waals surface area contributed by atoms with Crippen molar-refractivity contribution >= 4 is 71.9 Å². The summed E-state index contributed by atoms with van der Waals surface area (Å²) in [5.74, 6) is 1.45. The SMILES string of the molecule is COc1ccc(N(c2ccccn2)c2ccccn2)cc1.N#C[S-].O=CO/C=C/c1ccnc(-c2cc(/C=C/C(=O)O)ccn2)c1.[N-]=C=S.[Ru+2]. The largest absolute Gasteiger partial charge is 2.00 e. The summed E-state index contributed by atoms with van der Waals surface area (Å²) < 4.78 is 9.71. The van der Waals surface area contributed by atoms with Gasteiger partial charge >= 0.3 is 25.4 Å². The molecule has 0 spiro atoms. The number of carbonyl (C=O) groups excluding carboxylic acids is 1. The van der Waals surface area contributed by atoms with Crippen LogP contribution in [0.2, 0.25) is 0 Å². The van der Waals surface area contributed by atoms with Gasteiger partial charge in [-0.15, -0.1) is 0 Å². The maximum absolute atomic E-state index is 10.5. The molecule has 0 fully saturated rings. The maximum Gasteiger partial charge on any atom is 2.00 e. The second-order valence-electron chi connectivity index (χ2n) is 8.75. The molecule has 0 radical (unpaired) electrons. The Hall–Kier alpha value is -6.03. The molecule has 50 heavy (non-hydrogen) atoms. The second-order valence-corrected chi connectivity index (χ2v) is 9.11. The zero-order valence-electron chi connectivity index (χ0n) is 26.2. The van der Waals surface area contributed by atoms with Crippen LogP contribution in [-0.2, 0) is 46.4 Å². The number of rotatable bonds is 10.